The zero-order valence-corrected chi connectivity index (χ0v) is 13.8. The number of benzene rings is 2. The first-order valence-corrected chi connectivity index (χ1v) is 8.82. The minimum absolute atomic E-state index is 0.0237. The molecule has 0 bridgehead atoms. The third-order valence-electron chi connectivity index (χ3n) is 3.88. The fraction of sp³-hybridized carbons (Fsp3) is 0.200. The molecule has 2 unspecified atom stereocenters. The molecule has 2 atom stereocenters. The van der Waals surface area contributed by atoms with Crippen LogP contribution in [0.3, 0.4) is 0 Å². The molecule has 0 radical (unpaired) electrons. The standard InChI is InChI=1S/C20H21OS/c1-16-8-6-7-11-20(16)22(18-9-4-3-5-10-18)19-14-12-17(21-2)13-15-19/h3-7,9-16H,8H2,1-2H3/q+1. The monoisotopic (exact) mass is 309 g/mol. The van der Waals surface area contributed by atoms with Crippen LogP contribution in [0, 0.1) is 5.92 Å². The van der Waals surface area contributed by atoms with E-state index < -0.39 is 0 Å². The fourth-order valence-electron chi connectivity index (χ4n) is 2.67. The number of rotatable bonds is 4. The fourth-order valence-corrected chi connectivity index (χ4v) is 5.04. The smallest absolute Gasteiger partial charge is 0.166 e. The van der Waals surface area contributed by atoms with Gasteiger partial charge < -0.3 is 4.74 Å². The van der Waals surface area contributed by atoms with Crippen molar-refractivity contribution < 1.29 is 4.74 Å². The van der Waals surface area contributed by atoms with Gasteiger partial charge in [-0.15, -0.1) is 0 Å². The Balaban J connectivity index is 2.06. The second-order valence-electron chi connectivity index (χ2n) is 5.43. The maximum Gasteiger partial charge on any atom is 0.166 e. The molecule has 1 aliphatic carbocycles. The van der Waals surface area contributed by atoms with Gasteiger partial charge in [-0.25, -0.2) is 0 Å². The Labute approximate surface area is 135 Å². The van der Waals surface area contributed by atoms with Crippen molar-refractivity contribution in [1.29, 1.82) is 0 Å². The van der Waals surface area contributed by atoms with Crippen LogP contribution in [0.15, 0.2) is 87.5 Å². The van der Waals surface area contributed by atoms with Crippen LogP contribution in [0.4, 0.5) is 0 Å². The molecule has 112 valence electrons. The molecule has 0 amide bonds. The molecule has 2 heteroatoms. The van der Waals surface area contributed by atoms with Gasteiger partial charge in [-0.05, 0) is 48.9 Å². The molecule has 2 aromatic carbocycles. The van der Waals surface area contributed by atoms with Crippen molar-refractivity contribution in [3.05, 3.63) is 77.7 Å². The van der Waals surface area contributed by atoms with E-state index in [1.54, 1.807) is 7.11 Å². The first-order valence-electron chi connectivity index (χ1n) is 7.59. The van der Waals surface area contributed by atoms with Gasteiger partial charge in [0.05, 0.1) is 18.0 Å². The van der Waals surface area contributed by atoms with Crippen LogP contribution in [-0.2, 0) is 10.9 Å². The lowest BCUT2D eigenvalue weighted by Crippen LogP contribution is -2.14. The van der Waals surface area contributed by atoms with Crippen molar-refractivity contribution in [2.24, 2.45) is 5.92 Å². The molecular formula is C20H21OS+. The van der Waals surface area contributed by atoms with Crippen molar-refractivity contribution in [2.75, 3.05) is 7.11 Å². The summed E-state index contributed by atoms with van der Waals surface area (Å²) in [6.45, 7) is 2.32. The van der Waals surface area contributed by atoms with E-state index in [0.717, 1.165) is 12.2 Å². The molecule has 0 saturated carbocycles. The molecule has 1 aliphatic rings. The third kappa shape index (κ3) is 3.12. The summed E-state index contributed by atoms with van der Waals surface area (Å²) in [7, 11) is 1.69. The van der Waals surface area contributed by atoms with Gasteiger partial charge in [-0.1, -0.05) is 37.3 Å². The summed E-state index contributed by atoms with van der Waals surface area (Å²) in [6, 6.07) is 19.3. The number of hydrogen-bond donors (Lipinski definition) is 0. The predicted molar refractivity (Wildman–Crippen MR) is 94.3 cm³/mol. The normalized spacial score (nSPS) is 18.6. The Hall–Kier alpha value is -1.93. The zero-order chi connectivity index (χ0) is 15.4. The van der Waals surface area contributed by atoms with Crippen LogP contribution in [-0.4, -0.2) is 7.11 Å². The van der Waals surface area contributed by atoms with Crippen LogP contribution in [0.25, 0.3) is 0 Å². The minimum atomic E-state index is -0.0237. The van der Waals surface area contributed by atoms with Gasteiger partial charge in [-0.3, -0.25) is 0 Å². The molecule has 2 aromatic rings. The van der Waals surface area contributed by atoms with E-state index in [1.807, 2.05) is 0 Å². The van der Waals surface area contributed by atoms with E-state index in [-0.39, 0.29) is 10.9 Å². The second-order valence-corrected chi connectivity index (χ2v) is 7.46. The van der Waals surface area contributed by atoms with Crippen LogP contribution in [0.5, 0.6) is 5.75 Å². The van der Waals surface area contributed by atoms with Crippen molar-refractivity contribution in [2.45, 2.75) is 23.1 Å². The molecule has 0 N–H and O–H groups in total. The maximum absolute atomic E-state index is 5.30. The van der Waals surface area contributed by atoms with Crippen molar-refractivity contribution in [1.82, 2.24) is 0 Å². The molecular weight excluding hydrogens is 288 g/mol. The van der Waals surface area contributed by atoms with Gasteiger partial charge >= 0.3 is 0 Å². The van der Waals surface area contributed by atoms with Crippen molar-refractivity contribution in [3.63, 3.8) is 0 Å². The Bertz CT molecular complexity index is 671. The molecule has 0 aliphatic heterocycles. The number of ether oxygens (including phenoxy) is 1. The molecule has 22 heavy (non-hydrogen) atoms. The number of allylic oxidation sites excluding steroid dienone is 4. The Kier molecular flexibility index (Phi) is 4.69. The van der Waals surface area contributed by atoms with Crippen LogP contribution >= 0.6 is 0 Å². The maximum atomic E-state index is 5.30. The summed E-state index contributed by atoms with van der Waals surface area (Å²) in [6.07, 6.45) is 7.88. The van der Waals surface area contributed by atoms with Gasteiger partial charge in [0.2, 0.25) is 0 Å². The average molecular weight is 309 g/mol. The molecule has 3 rings (SSSR count). The highest BCUT2D eigenvalue weighted by atomic mass is 32.2. The largest absolute Gasteiger partial charge is 0.497 e. The Morgan fingerprint density at radius 2 is 1.64 bits per heavy atom. The second kappa shape index (κ2) is 6.89. The van der Waals surface area contributed by atoms with Gasteiger partial charge in [0.25, 0.3) is 0 Å². The molecule has 0 fully saturated rings. The highest BCUT2D eigenvalue weighted by molar-refractivity contribution is 8.00. The Morgan fingerprint density at radius 1 is 0.955 bits per heavy atom. The van der Waals surface area contributed by atoms with E-state index in [1.165, 1.54) is 14.7 Å². The van der Waals surface area contributed by atoms with Crippen molar-refractivity contribution >= 4 is 10.9 Å². The number of hydrogen-bond acceptors (Lipinski definition) is 1. The number of methoxy groups -OCH3 is 1. The minimum Gasteiger partial charge on any atom is -0.497 e. The van der Waals surface area contributed by atoms with E-state index in [0.29, 0.717) is 5.92 Å². The third-order valence-corrected chi connectivity index (χ3v) is 6.38. The molecule has 0 saturated heterocycles. The van der Waals surface area contributed by atoms with Gasteiger partial charge in [0, 0.05) is 5.92 Å². The predicted octanol–water partition coefficient (Wildman–Crippen LogP) is 5.21. The summed E-state index contributed by atoms with van der Waals surface area (Å²) in [5.41, 5.74) is 0. The SMILES string of the molecule is COc1ccc([S+](C2=CC=CCC2C)c2ccccc2)cc1. The quantitative estimate of drug-likeness (QED) is 0.704. The lowest BCUT2D eigenvalue weighted by molar-refractivity contribution is 0.414. The molecule has 1 nitrogen and oxygen atoms in total. The topological polar surface area (TPSA) is 9.23 Å². The lowest BCUT2D eigenvalue weighted by atomic mass is 10.0. The van der Waals surface area contributed by atoms with Gasteiger partial charge in [-0.2, -0.15) is 0 Å². The van der Waals surface area contributed by atoms with E-state index in [9.17, 15) is 0 Å². The molecule has 0 heterocycles. The van der Waals surface area contributed by atoms with E-state index >= 15 is 0 Å². The van der Waals surface area contributed by atoms with E-state index in [2.05, 4.69) is 79.7 Å². The average Bonchev–Trinajstić information content (AvgIpc) is 2.58. The van der Waals surface area contributed by atoms with Crippen LogP contribution in [0.2, 0.25) is 0 Å². The summed E-state index contributed by atoms with van der Waals surface area (Å²) in [5.74, 6) is 1.49. The van der Waals surface area contributed by atoms with Crippen LogP contribution < -0.4 is 4.74 Å². The molecule has 0 spiro atoms. The first-order chi connectivity index (χ1) is 10.8. The lowest BCUT2D eigenvalue weighted by Gasteiger charge is -2.17. The highest BCUT2D eigenvalue weighted by Crippen LogP contribution is 2.37. The van der Waals surface area contributed by atoms with Crippen LogP contribution in [0.1, 0.15) is 13.3 Å². The highest BCUT2D eigenvalue weighted by Gasteiger charge is 2.34. The first kappa shape index (κ1) is 15.0. The van der Waals surface area contributed by atoms with Gasteiger partial charge in [0.15, 0.2) is 9.79 Å². The zero-order valence-electron chi connectivity index (χ0n) is 13.0. The van der Waals surface area contributed by atoms with Crippen molar-refractivity contribution in [3.8, 4) is 5.75 Å². The molecule has 0 aromatic heterocycles. The summed E-state index contributed by atoms with van der Waals surface area (Å²) in [4.78, 5) is 4.24. The summed E-state index contributed by atoms with van der Waals surface area (Å²) in [5, 5.41) is 0. The summed E-state index contributed by atoms with van der Waals surface area (Å²) >= 11 is 0. The Morgan fingerprint density at radius 3 is 2.27 bits per heavy atom. The van der Waals surface area contributed by atoms with E-state index in [4.69, 9.17) is 4.74 Å². The van der Waals surface area contributed by atoms with Gasteiger partial charge in [0.1, 0.15) is 10.7 Å². The summed E-state index contributed by atoms with van der Waals surface area (Å²) < 4.78 is 5.30.